The summed E-state index contributed by atoms with van der Waals surface area (Å²) in [6, 6.07) is 4.77. The Morgan fingerprint density at radius 1 is 0.920 bits per heavy atom. The Morgan fingerprint density at radius 3 is 2.72 bits per heavy atom. The molecule has 1 unspecified atom stereocenters. The second-order valence-corrected chi connectivity index (χ2v) is 8.19. The minimum atomic E-state index is 0.506. The van der Waals surface area contributed by atoms with Gasteiger partial charge in [-0.25, -0.2) is 0 Å². The standard InChI is InChI=1S/C24H22S/c1-3-9-17(10-4-1)19-15-16-20(18-11-5-2-6-12-18)24-23(19)21-13-7-8-14-22(21)25-24/h1,3-5,7,9,11-13,15-17H,2,6,8,10,14H2. The van der Waals surface area contributed by atoms with Crippen molar-refractivity contribution in [3.63, 3.8) is 0 Å². The van der Waals surface area contributed by atoms with Crippen LogP contribution in [0.3, 0.4) is 0 Å². The third-order valence-electron chi connectivity index (χ3n) is 5.49. The van der Waals surface area contributed by atoms with Gasteiger partial charge < -0.3 is 0 Å². The SMILES string of the molecule is C1=CCC(c2ccc(C3=CCCC=C3)c3sc4c(c23)C=CCC4)C=C1. The van der Waals surface area contributed by atoms with Crippen LogP contribution in [0.1, 0.15) is 53.2 Å². The quantitative estimate of drug-likeness (QED) is 0.541. The summed E-state index contributed by atoms with van der Waals surface area (Å²) in [4.78, 5) is 1.57. The lowest BCUT2D eigenvalue weighted by Gasteiger charge is -2.18. The number of rotatable bonds is 2. The molecule has 0 fully saturated rings. The van der Waals surface area contributed by atoms with Crippen LogP contribution in [-0.2, 0) is 6.42 Å². The molecule has 0 nitrogen and oxygen atoms in total. The minimum Gasteiger partial charge on any atom is -0.139 e. The molecular weight excluding hydrogens is 320 g/mol. The van der Waals surface area contributed by atoms with E-state index < -0.39 is 0 Å². The lowest BCUT2D eigenvalue weighted by atomic mass is 9.86. The van der Waals surface area contributed by atoms with Crippen molar-refractivity contribution in [2.24, 2.45) is 0 Å². The van der Waals surface area contributed by atoms with Gasteiger partial charge in [0, 0.05) is 20.9 Å². The Balaban J connectivity index is 1.77. The molecule has 1 heterocycles. The van der Waals surface area contributed by atoms with Crippen molar-refractivity contribution in [1.29, 1.82) is 0 Å². The molecule has 124 valence electrons. The molecule has 2 aromatic rings. The molecule has 1 atom stereocenters. The highest BCUT2D eigenvalue weighted by atomic mass is 32.1. The van der Waals surface area contributed by atoms with Crippen molar-refractivity contribution < 1.29 is 0 Å². The number of thiophene rings is 1. The maximum atomic E-state index is 2.41. The molecule has 0 N–H and O–H groups in total. The van der Waals surface area contributed by atoms with Crippen molar-refractivity contribution >= 4 is 33.1 Å². The normalized spacial score (nSPS) is 21.6. The molecule has 0 spiro atoms. The van der Waals surface area contributed by atoms with Gasteiger partial charge in [-0.1, -0.05) is 66.8 Å². The predicted octanol–water partition coefficient (Wildman–Crippen LogP) is 7.19. The van der Waals surface area contributed by atoms with Gasteiger partial charge in [0.1, 0.15) is 0 Å². The summed E-state index contributed by atoms with van der Waals surface area (Å²) in [5.74, 6) is 0.506. The van der Waals surface area contributed by atoms with E-state index in [9.17, 15) is 0 Å². The van der Waals surface area contributed by atoms with E-state index >= 15 is 0 Å². The molecule has 5 rings (SSSR count). The first kappa shape index (κ1) is 15.2. The maximum Gasteiger partial charge on any atom is 0.0433 e. The van der Waals surface area contributed by atoms with Crippen LogP contribution in [0.2, 0.25) is 0 Å². The first-order chi connectivity index (χ1) is 12.4. The summed E-state index contributed by atoms with van der Waals surface area (Å²) in [6.45, 7) is 0. The lowest BCUT2D eigenvalue weighted by Crippen LogP contribution is -1.99. The third kappa shape index (κ3) is 2.58. The molecule has 1 heteroatoms. The van der Waals surface area contributed by atoms with Crippen LogP contribution >= 0.6 is 11.3 Å². The Kier molecular flexibility index (Phi) is 3.83. The fourth-order valence-electron chi connectivity index (χ4n) is 4.24. The lowest BCUT2D eigenvalue weighted by molar-refractivity contribution is 0.862. The molecule has 0 saturated heterocycles. The van der Waals surface area contributed by atoms with Crippen LogP contribution in [0.5, 0.6) is 0 Å². The van der Waals surface area contributed by atoms with E-state index in [0.717, 1.165) is 12.8 Å². The maximum absolute atomic E-state index is 2.41. The van der Waals surface area contributed by atoms with Gasteiger partial charge in [-0.15, -0.1) is 11.3 Å². The van der Waals surface area contributed by atoms with Crippen molar-refractivity contribution in [2.75, 3.05) is 0 Å². The Bertz CT molecular complexity index is 975. The van der Waals surface area contributed by atoms with Crippen molar-refractivity contribution in [3.8, 4) is 0 Å². The van der Waals surface area contributed by atoms with E-state index in [1.165, 1.54) is 51.6 Å². The number of allylic oxidation sites excluding steroid dienone is 9. The molecule has 25 heavy (non-hydrogen) atoms. The summed E-state index contributed by atoms with van der Waals surface area (Å²) in [5.41, 5.74) is 5.83. The average Bonchev–Trinajstić information content (AvgIpc) is 3.08. The molecule has 1 aromatic carbocycles. The summed E-state index contributed by atoms with van der Waals surface area (Å²) in [6.07, 6.45) is 26.6. The largest absolute Gasteiger partial charge is 0.139 e. The van der Waals surface area contributed by atoms with Gasteiger partial charge in [-0.3, -0.25) is 0 Å². The summed E-state index contributed by atoms with van der Waals surface area (Å²) >= 11 is 2.03. The molecule has 0 radical (unpaired) electrons. The first-order valence-electron chi connectivity index (χ1n) is 9.37. The van der Waals surface area contributed by atoms with Crippen LogP contribution in [0.15, 0.2) is 60.7 Å². The number of aryl methyl sites for hydroxylation is 1. The van der Waals surface area contributed by atoms with Crippen LogP contribution in [0.25, 0.3) is 21.7 Å². The highest BCUT2D eigenvalue weighted by molar-refractivity contribution is 7.19. The van der Waals surface area contributed by atoms with Crippen molar-refractivity contribution in [3.05, 3.63) is 82.3 Å². The topological polar surface area (TPSA) is 0 Å². The summed E-state index contributed by atoms with van der Waals surface area (Å²) in [7, 11) is 0. The summed E-state index contributed by atoms with van der Waals surface area (Å²) < 4.78 is 1.50. The Labute approximate surface area is 153 Å². The second-order valence-electron chi connectivity index (χ2n) is 7.08. The monoisotopic (exact) mass is 342 g/mol. The van der Waals surface area contributed by atoms with E-state index in [4.69, 9.17) is 0 Å². The van der Waals surface area contributed by atoms with E-state index in [1.54, 1.807) is 4.88 Å². The highest BCUT2D eigenvalue weighted by Crippen LogP contribution is 2.44. The minimum absolute atomic E-state index is 0.506. The van der Waals surface area contributed by atoms with Gasteiger partial charge >= 0.3 is 0 Å². The number of fused-ring (bicyclic) bond motifs is 3. The molecule has 3 aliphatic rings. The molecule has 0 saturated carbocycles. The number of hydrogen-bond donors (Lipinski definition) is 0. The second kappa shape index (κ2) is 6.31. The predicted molar refractivity (Wildman–Crippen MR) is 111 cm³/mol. The fraction of sp³-hybridized carbons (Fsp3) is 0.250. The fourth-order valence-corrected chi connectivity index (χ4v) is 5.61. The number of benzene rings is 1. The van der Waals surface area contributed by atoms with Gasteiger partial charge in [0.15, 0.2) is 0 Å². The zero-order valence-electron chi connectivity index (χ0n) is 14.4. The third-order valence-corrected chi connectivity index (χ3v) is 6.79. The molecule has 0 bridgehead atoms. The Morgan fingerprint density at radius 2 is 1.88 bits per heavy atom. The van der Waals surface area contributed by atoms with E-state index in [1.807, 2.05) is 11.3 Å². The smallest absolute Gasteiger partial charge is 0.0433 e. The van der Waals surface area contributed by atoms with E-state index in [-0.39, 0.29) is 0 Å². The van der Waals surface area contributed by atoms with Gasteiger partial charge in [0.25, 0.3) is 0 Å². The summed E-state index contributed by atoms with van der Waals surface area (Å²) in [5, 5.41) is 1.51. The number of hydrogen-bond acceptors (Lipinski definition) is 1. The zero-order chi connectivity index (χ0) is 16.6. The van der Waals surface area contributed by atoms with E-state index in [2.05, 4.69) is 66.8 Å². The van der Waals surface area contributed by atoms with Crippen LogP contribution in [0.4, 0.5) is 0 Å². The van der Waals surface area contributed by atoms with Crippen LogP contribution in [0, 0.1) is 0 Å². The average molecular weight is 343 g/mol. The molecule has 3 aliphatic carbocycles. The van der Waals surface area contributed by atoms with Crippen LogP contribution < -0.4 is 0 Å². The van der Waals surface area contributed by atoms with Gasteiger partial charge in [0.05, 0.1) is 0 Å². The van der Waals surface area contributed by atoms with E-state index in [0.29, 0.717) is 5.92 Å². The van der Waals surface area contributed by atoms with Crippen molar-refractivity contribution in [1.82, 2.24) is 0 Å². The van der Waals surface area contributed by atoms with Crippen molar-refractivity contribution in [2.45, 2.75) is 38.0 Å². The van der Waals surface area contributed by atoms with Crippen LogP contribution in [-0.4, -0.2) is 0 Å². The zero-order valence-corrected chi connectivity index (χ0v) is 15.2. The van der Waals surface area contributed by atoms with Gasteiger partial charge in [-0.05, 0) is 54.4 Å². The highest BCUT2D eigenvalue weighted by Gasteiger charge is 2.22. The first-order valence-corrected chi connectivity index (χ1v) is 10.2. The van der Waals surface area contributed by atoms with Gasteiger partial charge in [0.2, 0.25) is 0 Å². The molecule has 0 amide bonds. The Hall–Kier alpha value is -2.12. The molecule has 1 aromatic heterocycles. The van der Waals surface area contributed by atoms with Gasteiger partial charge in [-0.2, -0.15) is 0 Å². The molecule has 0 aliphatic heterocycles. The molecular formula is C24H22S.